The molecule has 1 amide bonds. The molecule has 0 bridgehead atoms. The Morgan fingerprint density at radius 3 is 3.12 bits per heavy atom. The number of hydrogen-bond donors (Lipinski definition) is 1. The molecular weight excluding hydrogens is 304 g/mol. The van der Waals surface area contributed by atoms with Crippen molar-refractivity contribution in [3.05, 3.63) is 32.9 Å². The molecule has 0 aliphatic carbocycles. The number of nitrogens with zero attached hydrogens (tertiary/aromatic N) is 3. The van der Waals surface area contributed by atoms with Gasteiger partial charge in [0, 0.05) is 11.9 Å². The van der Waals surface area contributed by atoms with Gasteiger partial charge in [0.15, 0.2) is 5.82 Å². The van der Waals surface area contributed by atoms with E-state index in [1.54, 1.807) is 12.4 Å². The summed E-state index contributed by atoms with van der Waals surface area (Å²) in [6.45, 7) is 3.19. The number of carbonyl (C=O) groups excluding carboxylic acids is 1. The van der Waals surface area contributed by atoms with Crippen LogP contribution < -0.4 is 5.32 Å². The largest absolute Gasteiger partial charge is 0.345 e. The smallest absolute Gasteiger partial charge is 0.252 e. The maximum atomic E-state index is 11.8. The first-order valence-corrected chi connectivity index (χ1v) is 6.77. The van der Waals surface area contributed by atoms with Crippen LogP contribution in [-0.4, -0.2) is 20.7 Å². The zero-order chi connectivity index (χ0) is 12.3. The van der Waals surface area contributed by atoms with Crippen LogP contribution in [0.1, 0.15) is 23.1 Å². The molecule has 0 spiro atoms. The molecule has 0 fully saturated rings. The van der Waals surface area contributed by atoms with Gasteiger partial charge in [0.25, 0.3) is 5.91 Å². The van der Waals surface area contributed by atoms with E-state index in [4.69, 9.17) is 0 Å². The van der Waals surface area contributed by atoms with Crippen molar-refractivity contribution in [1.82, 2.24) is 20.1 Å². The van der Waals surface area contributed by atoms with E-state index >= 15 is 0 Å². The molecule has 0 aliphatic rings. The van der Waals surface area contributed by atoms with Crippen molar-refractivity contribution in [3.63, 3.8) is 0 Å². The summed E-state index contributed by atoms with van der Waals surface area (Å²) in [5, 5.41) is 12.4. The summed E-state index contributed by atoms with van der Waals surface area (Å²) in [5.41, 5.74) is 0.657. The van der Waals surface area contributed by atoms with Crippen molar-refractivity contribution in [3.8, 4) is 0 Å². The highest BCUT2D eigenvalue weighted by atomic mass is 79.9. The van der Waals surface area contributed by atoms with Crippen molar-refractivity contribution in [2.45, 2.75) is 20.0 Å². The molecule has 0 atom stereocenters. The van der Waals surface area contributed by atoms with Crippen LogP contribution >= 0.6 is 27.3 Å². The number of thiophene rings is 1. The van der Waals surface area contributed by atoms with Gasteiger partial charge in [-0.2, -0.15) is 0 Å². The summed E-state index contributed by atoms with van der Waals surface area (Å²) < 4.78 is 2.84. The van der Waals surface area contributed by atoms with Gasteiger partial charge >= 0.3 is 0 Å². The molecule has 90 valence electrons. The van der Waals surface area contributed by atoms with E-state index in [-0.39, 0.29) is 5.91 Å². The lowest BCUT2D eigenvalue weighted by atomic mass is 10.3. The van der Waals surface area contributed by atoms with Crippen molar-refractivity contribution in [2.24, 2.45) is 0 Å². The van der Waals surface area contributed by atoms with Crippen LogP contribution in [0.4, 0.5) is 0 Å². The summed E-state index contributed by atoms with van der Waals surface area (Å²) >= 11 is 4.81. The van der Waals surface area contributed by atoms with Gasteiger partial charge in [0.05, 0.1) is 15.9 Å². The second kappa shape index (κ2) is 5.42. The summed E-state index contributed by atoms with van der Waals surface area (Å²) in [5.74, 6) is 0.660. The second-order valence-corrected chi connectivity index (χ2v) is 5.65. The van der Waals surface area contributed by atoms with E-state index in [2.05, 4.69) is 31.4 Å². The third-order valence-electron chi connectivity index (χ3n) is 2.27. The van der Waals surface area contributed by atoms with E-state index < -0.39 is 0 Å². The third-order valence-corrected chi connectivity index (χ3v) is 3.78. The highest BCUT2D eigenvalue weighted by molar-refractivity contribution is 9.11. The minimum atomic E-state index is -0.0994. The molecular formula is C10H11BrN4OS. The molecule has 0 aliphatic heterocycles. The Balaban J connectivity index is 1.97. The molecule has 7 heteroatoms. The summed E-state index contributed by atoms with van der Waals surface area (Å²) in [4.78, 5) is 11.8. The normalized spacial score (nSPS) is 10.5. The Labute approximate surface area is 111 Å². The Morgan fingerprint density at radius 2 is 2.47 bits per heavy atom. The van der Waals surface area contributed by atoms with E-state index in [0.717, 1.165) is 16.2 Å². The Hall–Kier alpha value is -1.21. The van der Waals surface area contributed by atoms with Crippen LogP contribution in [0.25, 0.3) is 0 Å². The van der Waals surface area contributed by atoms with Gasteiger partial charge in [-0.25, -0.2) is 0 Å². The summed E-state index contributed by atoms with van der Waals surface area (Å²) in [7, 11) is 0. The number of amides is 1. The third kappa shape index (κ3) is 2.92. The monoisotopic (exact) mass is 314 g/mol. The predicted molar refractivity (Wildman–Crippen MR) is 68.9 cm³/mol. The molecule has 0 unspecified atom stereocenters. The maximum Gasteiger partial charge on any atom is 0.252 e. The van der Waals surface area contributed by atoms with Gasteiger partial charge in [0.1, 0.15) is 6.33 Å². The van der Waals surface area contributed by atoms with Crippen LogP contribution in [0.2, 0.25) is 0 Å². The zero-order valence-corrected chi connectivity index (χ0v) is 11.6. The fourth-order valence-corrected chi connectivity index (χ4v) is 2.51. The average Bonchev–Trinajstić information content (AvgIpc) is 2.94. The molecule has 2 rings (SSSR count). The number of rotatable bonds is 4. The Bertz CT molecular complexity index is 522. The summed E-state index contributed by atoms with van der Waals surface area (Å²) in [6.07, 6.45) is 1.66. The van der Waals surface area contributed by atoms with E-state index in [1.807, 2.05) is 16.9 Å². The number of aromatic nitrogens is 3. The first kappa shape index (κ1) is 12.3. The van der Waals surface area contributed by atoms with E-state index in [1.165, 1.54) is 11.3 Å². The fourth-order valence-electron chi connectivity index (χ4n) is 1.37. The molecule has 0 saturated carbocycles. The topological polar surface area (TPSA) is 59.8 Å². The zero-order valence-electron chi connectivity index (χ0n) is 9.18. The van der Waals surface area contributed by atoms with Crippen molar-refractivity contribution in [1.29, 1.82) is 0 Å². The fraction of sp³-hybridized carbons (Fsp3) is 0.300. The number of nitrogens with one attached hydrogen (secondary N) is 1. The summed E-state index contributed by atoms with van der Waals surface area (Å²) in [6, 6.07) is 1.80. The Morgan fingerprint density at radius 1 is 1.65 bits per heavy atom. The first-order chi connectivity index (χ1) is 8.20. The van der Waals surface area contributed by atoms with Gasteiger partial charge in [0.2, 0.25) is 0 Å². The van der Waals surface area contributed by atoms with Crippen molar-refractivity contribution < 1.29 is 4.79 Å². The Kier molecular flexibility index (Phi) is 3.90. The van der Waals surface area contributed by atoms with Crippen molar-refractivity contribution in [2.75, 3.05) is 0 Å². The van der Waals surface area contributed by atoms with E-state index in [9.17, 15) is 4.79 Å². The maximum absolute atomic E-state index is 11.8. The van der Waals surface area contributed by atoms with Crippen LogP contribution in [-0.2, 0) is 13.1 Å². The van der Waals surface area contributed by atoms with Crippen LogP contribution in [0.15, 0.2) is 21.6 Å². The average molecular weight is 315 g/mol. The van der Waals surface area contributed by atoms with Gasteiger partial charge in [-0.15, -0.1) is 21.5 Å². The molecule has 1 N–H and O–H groups in total. The van der Waals surface area contributed by atoms with Crippen molar-refractivity contribution >= 4 is 33.2 Å². The predicted octanol–water partition coefficient (Wildman–Crippen LogP) is 2.05. The number of aryl methyl sites for hydroxylation is 1. The van der Waals surface area contributed by atoms with Crippen LogP contribution in [0.3, 0.4) is 0 Å². The second-order valence-electron chi connectivity index (χ2n) is 3.36. The molecule has 5 nitrogen and oxygen atoms in total. The number of carbonyl (C=O) groups is 1. The minimum absolute atomic E-state index is 0.0994. The van der Waals surface area contributed by atoms with Gasteiger partial charge < -0.3 is 9.88 Å². The lowest BCUT2D eigenvalue weighted by Crippen LogP contribution is -2.24. The lowest BCUT2D eigenvalue weighted by molar-refractivity contribution is 0.0950. The minimum Gasteiger partial charge on any atom is -0.345 e. The van der Waals surface area contributed by atoms with E-state index in [0.29, 0.717) is 12.1 Å². The molecule has 0 aromatic carbocycles. The molecule has 2 heterocycles. The van der Waals surface area contributed by atoms with Crippen LogP contribution in [0, 0.1) is 0 Å². The van der Waals surface area contributed by atoms with Gasteiger partial charge in [-0.05, 0) is 28.9 Å². The molecule has 17 heavy (non-hydrogen) atoms. The quantitative estimate of drug-likeness (QED) is 0.939. The highest BCUT2D eigenvalue weighted by Crippen LogP contribution is 2.20. The first-order valence-electron chi connectivity index (χ1n) is 5.09. The molecule has 2 aromatic rings. The SMILES string of the molecule is CCn1cnnc1CNC(=O)c1csc(Br)c1. The molecule has 0 saturated heterocycles. The number of halogens is 1. The highest BCUT2D eigenvalue weighted by Gasteiger charge is 2.09. The lowest BCUT2D eigenvalue weighted by Gasteiger charge is -2.04. The standard InChI is InChI=1S/C10H11BrN4OS/c1-2-15-6-13-14-9(15)4-12-10(16)7-3-8(11)17-5-7/h3,5-6H,2,4H2,1H3,(H,12,16). The molecule has 2 aromatic heterocycles. The van der Waals surface area contributed by atoms with Gasteiger partial charge in [-0.1, -0.05) is 0 Å². The molecule has 0 radical (unpaired) electrons. The van der Waals surface area contributed by atoms with Gasteiger partial charge in [-0.3, -0.25) is 4.79 Å². The van der Waals surface area contributed by atoms with Crippen LogP contribution in [0.5, 0.6) is 0 Å². The number of hydrogen-bond acceptors (Lipinski definition) is 4.